The smallest absolute Gasteiger partial charge is 0.116 e. The molecule has 0 radical (unpaired) electrons. The molecule has 4 aliphatic rings. The van der Waals surface area contributed by atoms with Crippen LogP contribution in [0, 0.1) is 29.1 Å². The highest BCUT2D eigenvalue weighted by Gasteiger charge is 2.63. The Morgan fingerprint density at radius 1 is 1.09 bits per heavy atom. The van der Waals surface area contributed by atoms with Crippen molar-refractivity contribution in [2.75, 3.05) is 0 Å². The molecule has 0 N–H and O–H groups in total. The monoisotopic (exact) mass is 149 g/mol. The molecule has 4 rings (SSSR count). The zero-order valence-corrected chi connectivity index (χ0v) is 5.81. The van der Waals surface area contributed by atoms with Crippen LogP contribution in [0.5, 0.6) is 0 Å². The lowest BCUT2D eigenvalue weighted by Gasteiger charge is -2.27. The minimum absolute atomic E-state index is 0.0506. The molecule has 3 nitrogen and oxygen atoms in total. The molecule has 2 fully saturated rings. The minimum atomic E-state index is 0.0506. The van der Waals surface area contributed by atoms with Gasteiger partial charge in [0.05, 0.1) is 12.0 Å². The standard InChI is InChI=1S/C8H7NO2/c9-3-4-7-5-1-2-6(8(4)7)11-10-5/h1-2,4-8H/t4?,5-,6-,7-,8+/m1/s1. The van der Waals surface area contributed by atoms with Crippen LogP contribution in [0.4, 0.5) is 0 Å². The molecule has 56 valence electrons. The predicted molar refractivity (Wildman–Crippen MR) is 35.0 cm³/mol. The lowest BCUT2D eigenvalue weighted by atomic mass is 10.0. The van der Waals surface area contributed by atoms with Crippen molar-refractivity contribution in [2.45, 2.75) is 12.2 Å². The van der Waals surface area contributed by atoms with Crippen LogP contribution >= 0.6 is 0 Å². The first-order valence-corrected chi connectivity index (χ1v) is 3.82. The Balaban J connectivity index is 1.97. The molecule has 2 heterocycles. The SMILES string of the molecule is N#CC1[C@@H]2[C@H]1[C@H]1C=C[C@H]2OO1. The Hall–Kier alpha value is -0.850. The summed E-state index contributed by atoms with van der Waals surface area (Å²) in [5.41, 5.74) is 0. The average Bonchev–Trinajstić information content (AvgIpc) is 2.81. The molecule has 0 amide bonds. The highest BCUT2D eigenvalue weighted by Crippen LogP contribution is 2.57. The predicted octanol–water partition coefficient (Wildman–Crippen LogP) is 0.641. The second-order valence-electron chi connectivity index (χ2n) is 3.32. The number of fused-ring (bicyclic) bond motifs is 1. The van der Waals surface area contributed by atoms with Crippen LogP contribution in [0.3, 0.4) is 0 Å². The lowest BCUT2D eigenvalue weighted by Crippen LogP contribution is -2.32. The van der Waals surface area contributed by atoms with Crippen LogP contribution in [0.1, 0.15) is 0 Å². The van der Waals surface area contributed by atoms with E-state index >= 15 is 0 Å². The van der Waals surface area contributed by atoms with Crippen LogP contribution in [0.15, 0.2) is 12.2 Å². The third-order valence-electron chi connectivity index (χ3n) is 2.81. The van der Waals surface area contributed by atoms with Gasteiger partial charge in [-0.05, 0) is 0 Å². The van der Waals surface area contributed by atoms with Crippen molar-refractivity contribution in [2.24, 2.45) is 17.8 Å². The summed E-state index contributed by atoms with van der Waals surface area (Å²) < 4.78 is 0. The van der Waals surface area contributed by atoms with Crippen molar-refractivity contribution < 1.29 is 9.78 Å². The molecule has 0 aromatic carbocycles. The minimum Gasteiger partial charge on any atom is -0.228 e. The van der Waals surface area contributed by atoms with Gasteiger partial charge in [-0.15, -0.1) is 0 Å². The number of hydrogen-bond donors (Lipinski definition) is 0. The maximum atomic E-state index is 8.71. The van der Waals surface area contributed by atoms with Gasteiger partial charge in [-0.2, -0.15) is 5.26 Å². The van der Waals surface area contributed by atoms with E-state index in [1.807, 2.05) is 12.2 Å². The van der Waals surface area contributed by atoms with E-state index in [2.05, 4.69) is 6.07 Å². The second kappa shape index (κ2) is 1.66. The Labute approximate surface area is 64.1 Å². The van der Waals surface area contributed by atoms with Crippen LogP contribution in [-0.2, 0) is 9.78 Å². The fourth-order valence-electron chi connectivity index (χ4n) is 2.17. The summed E-state index contributed by atoms with van der Waals surface area (Å²) in [6, 6.07) is 2.28. The van der Waals surface area contributed by atoms with E-state index < -0.39 is 0 Å². The largest absolute Gasteiger partial charge is 0.228 e. The summed E-state index contributed by atoms with van der Waals surface area (Å²) in [5.74, 6) is 1.01. The van der Waals surface area contributed by atoms with Gasteiger partial charge in [-0.1, -0.05) is 12.2 Å². The van der Waals surface area contributed by atoms with Gasteiger partial charge in [-0.3, -0.25) is 0 Å². The third-order valence-corrected chi connectivity index (χ3v) is 2.81. The summed E-state index contributed by atoms with van der Waals surface area (Å²) in [4.78, 5) is 10.0. The fourth-order valence-corrected chi connectivity index (χ4v) is 2.17. The van der Waals surface area contributed by atoms with Gasteiger partial charge in [0.1, 0.15) is 12.2 Å². The number of rotatable bonds is 0. The van der Waals surface area contributed by atoms with Crippen LogP contribution < -0.4 is 0 Å². The van der Waals surface area contributed by atoms with Crippen molar-refractivity contribution in [3.05, 3.63) is 12.2 Å². The van der Waals surface area contributed by atoms with Gasteiger partial charge in [0.25, 0.3) is 0 Å². The van der Waals surface area contributed by atoms with Crippen molar-refractivity contribution in [1.29, 1.82) is 5.26 Å². The Kier molecular flexibility index (Phi) is 0.867. The quantitative estimate of drug-likeness (QED) is 0.375. The number of nitriles is 1. The Morgan fingerprint density at radius 3 is 2.00 bits per heavy atom. The van der Waals surface area contributed by atoms with Crippen LogP contribution in [0.25, 0.3) is 0 Å². The van der Waals surface area contributed by atoms with E-state index in [4.69, 9.17) is 15.0 Å². The van der Waals surface area contributed by atoms with Gasteiger partial charge in [0.2, 0.25) is 0 Å². The molecule has 2 bridgehead atoms. The molecule has 5 atom stereocenters. The summed E-state index contributed by atoms with van der Waals surface area (Å²) in [7, 11) is 0. The molecule has 0 aromatic rings. The first kappa shape index (κ1) is 5.76. The van der Waals surface area contributed by atoms with Crippen molar-refractivity contribution in [1.82, 2.24) is 0 Å². The van der Waals surface area contributed by atoms with Crippen molar-refractivity contribution in [3.63, 3.8) is 0 Å². The molecule has 1 saturated heterocycles. The van der Waals surface area contributed by atoms with Gasteiger partial charge in [0, 0.05) is 11.8 Å². The topological polar surface area (TPSA) is 42.2 Å². The molecular formula is C8H7NO2. The molecule has 2 aliphatic heterocycles. The average molecular weight is 149 g/mol. The summed E-state index contributed by atoms with van der Waals surface area (Å²) in [6.07, 6.45) is 4.11. The number of hydrogen-bond acceptors (Lipinski definition) is 3. The Bertz CT molecular complexity index is 248. The van der Waals surface area contributed by atoms with Crippen molar-refractivity contribution >= 4 is 0 Å². The molecule has 11 heavy (non-hydrogen) atoms. The highest BCUT2D eigenvalue weighted by atomic mass is 17.2. The normalized spacial score (nSPS) is 56.8. The van der Waals surface area contributed by atoms with Crippen molar-refractivity contribution in [3.8, 4) is 6.07 Å². The molecular weight excluding hydrogens is 142 g/mol. The number of nitrogens with zero attached hydrogens (tertiary/aromatic N) is 1. The first-order valence-electron chi connectivity index (χ1n) is 3.82. The maximum Gasteiger partial charge on any atom is 0.116 e. The molecule has 0 aromatic heterocycles. The van der Waals surface area contributed by atoms with E-state index in [1.54, 1.807) is 0 Å². The fraction of sp³-hybridized carbons (Fsp3) is 0.625. The molecule has 3 heteroatoms. The molecule has 2 aliphatic carbocycles. The lowest BCUT2D eigenvalue weighted by molar-refractivity contribution is -0.364. The van der Waals surface area contributed by atoms with E-state index in [1.165, 1.54) is 0 Å². The summed E-state index contributed by atoms with van der Waals surface area (Å²) in [6.45, 7) is 0. The first-order chi connectivity index (χ1) is 5.42. The van der Waals surface area contributed by atoms with E-state index in [-0.39, 0.29) is 18.1 Å². The second-order valence-corrected chi connectivity index (χ2v) is 3.32. The van der Waals surface area contributed by atoms with E-state index in [0.29, 0.717) is 11.8 Å². The van der Waals surface area contributed by atoms with Gasteiger partial charge in [-0.25, -0.2) is 9.78 Å². The molecule has 0 spiro atoms. The zero-order valence-electron chi connectivity index (χ0n) is 5.81. The highest BCUT2D eigenvalue weighted by molar-refractivity contribution is 5.25. The van der Waals surface area contributed by atoms with E-state index in [9.17, 15) is 0 Å². The van der Waals surface area contributed by atoms with Crippen LogP contribution in [0.2, 0.25) is 0 Å². The zero-order chi connectivity index (χ0) is 7.42. The molecule has 1 saturated carbocycles. The summed E-state index contributed by atoms with van der Waals surface area (Å²) in [5, 5.41) is 8.71. The molecule has 1 unspecified atom stereocenters. The van der Waals surface area contributed by atoms with Crippen LogP contribution in [-0.4, -0.2) is 12.2 Å². The van der Waals surface area contributed by atoms with E-state index in [0.717, 1.165) is 0 Å². The van der Waals surface area contributed by atoms with Gasteiger partial charge >= 0.3 is 0 Å². The maximum absolute atomic E-state index is 8.71. The van der Waals surface area contributed by atoms with Gasteiger partial charge in [0.15, 0.2) is 0 Å². The third kappa shape index (κ3) is 0.550. The Morgan fingerprint density at radius 2 is 1.64 bits per heavy atom. The summed E-state index contributed by atoms with van der Waals surface area (Å²) >= 11 is 0. The van der Waals surface area contributed by atoms with Gasteiger partial charge < -0.3 is 0 Å².